The Labute approximate surface area is 139 Å². The van der Waals surface area contributed by atoms with Gasteiger partial charge in [-0.25, -0.2) is 0 Å². The summed E-state index contributed by atoms with van der Waals surface area (Å²) in [5, 5.41) is 3.11. The van der Waals surface area contributed by atoms with Gasteiger partial charge in [-0.1, -0.05) is 13.8 Å². The summed E-state index contributed by atoms with van der Waals surface area (Å²) in [4.78, 5) is 14.7. The van der Waals surface area contributed by atoms with Crippen LogP contribution in [0.5, 0.6) is 0 Å². The van der Waals surface area contributed by atoms with Crippen molar-refractivity contribution in [2.24, 2.45) is 11.7 Å². The topological polar surface area (TPSA) is 55.1 Å². The third kappa shape index (κ3) is 7.84. The normalized spacial score (nSPS) is 13.6. The minimum atomic E-state index is -0.273. The van der Waals surface area contributed by atoms with Gasteiger partial charge >= 0.3 is 0 Å². The molecule has 1 heterocycles. The van der Waals surface area contributed by atoms with Crippen molar-refractivity contribution in [2.45, 2.75) is 58.9 Å². The number of nitrogens with one attached hydrogen (secondary N) is 1. The van der Waals surface area contributed by atoms with Gasteiger partial charge in [-0.2, -0.15) is 0 Å². The number of carbonyl (C=O) groups excluding carboxylic acids is 1. The average Bonchev–Trinajstić information content (AvgIpc) is 2.74. The van der Waals surface area contributed by atoms with Crippen molar-refractivity contribution >= 4 is 29.7 Å². The van der Waals surface area contributed by atoms with Crippen LogP contribution in [-0.4, -0.2) is 18.0 Å². The van der Waals surface area contributed by atoms with E-state index in [4.69, 9.17) is 5.73 Å². The Morgan fingerprint density at radius 3 is 2.57 bits per heavy atom. The molecule has 21 heavy (non-hydrogen) atoms. The van der Waals surface area contributed by atoms with Crippen molar-refractivity contribution in [1.82, 2.24) is 5.32 Å². The Morgan fingerprint density at radius 2 is 2.10 bits per heavy atom. The molecule has 0 saturated carbocycles. The fraction of sp³-hybridized carbons (Fsp3) is 0.688. The molecule has 0 aliphatic heterocycles. The van der Waals surface area contributed by atoms with Crippen LogP contribution in [0.1, 0.15) is 49.8 Å². The van der Waals surface area contributed by atoms with Crippen molar-refractivity contribution in [3.8, 4) is 0 Å². The number of carbonyl (C=O) groups is 1. The Morgan fingerprint density at radius 1 is 1.43 bits per heavy atom. The van der Waals surface area contributed by atoms with E-state index in [1.54, 1.807) is 0 Å². The standard InChI is InChI=1S/C16H28N2OS.ClH/c1-12(2)10-16(4,11-17)18-15(19)7-5-6-14-9-8-13(3)20-14;/h8-9,12H,5-7,10-11,17H2,1-4H3,(H,18,19);1H. The highest BCUT2D eigenvalue weighted by atomic mass is 35.5. The lowest BCUT2D eigenvalue weighted by molar-refractivity contribution is -0.123. The Hall–Kier alpha value is -0.580. The first-order chi connectivity index (χ1) is 9.34. The summed E-state index contributed by atoms with van der Waals surface area (Å²) in [6.45, 7) is 8.94. The third-order valence-electron chi connectivity index (χ3n) is 3.37. The zero-order valence-electron chi connectivity index (χ0n) is 13.6. The van der Waals surface area contributed by atoms with Crippen LogP contribution < -0.4 is 11.1 Å². The zero-order valence-corrected chi connectivity index (χ0v) is 15.2. The molecule has 0 spiro atoms. The van der Waals surface area contributed by atoms with Gasteiger partial charge in [0.05, 0.1) is 0 Å². The fourth-order valence-corrected chi connectivity index (χ4v) is 3.46. The van der Waals surface area contributed by atoms with E-state index in [9.17, 15) is 4.79 Å². The molecule has 1 amide bonds. The molecule has 1 aromatic heterocycles. The van der Waals surface area contributed by atoms with E-state index in [1.807, 2.05) is 18.3 Å². The van der Waals surface area contributed by atoms with Gasteiger partial charge in [0.25, 0.3) is 0 Å². The number of nitrogens with two attached hydrogens (primary N) is 1. The molecule has 0 radical (unpaired) electrons. The first kappa shape index (κ1) is 20.4. The number of hydrogen-bond acceptors (Lipinski definition) is 3. The molecular formula is C16H29ClN2OS. The van der Waals surface area contributed by atoms with Gasteiger partial charge in [0, 0.05) is 28.3 Å². The lowest BCUT2D eigenvalue weighted by atomic mass is 9.90. The van der Waals surface area contributed by atoms with E-state index in [0.717, 1.165) is 19.3 Å². The molecule has 0 saturated heterocycles. The molecule has 0 aliphatic rings. The first-order valence-electron chi connectivity index (χ1n) is 7.41. The van der Waals surface area contributed by atoms with Crippen molar-refractivity contribution in [3.05, 3.63) is 21.9 Å². The minimum absolute atomic E-state index is 0. The molecule has 1 unspecified atom stereocenters. The maximum Gasteiger partial charge on any atom is 0.220 e. The fourth-order valence-electron chi connectivity index (χ4n) is 2.53. The lowest BCUT2D eigenvalue weighted by Crippen LogP contribution is -2.52. The van der Waals surface area contributed by atoms with Crippen LogP contribution in [0.15, 0.2) is 12.1 Å². The van der Waals surface area contributed by atoms with Crippen LogP contribution in [0.2, 0.25) is 0 Å². The number of thiophene rings is 1. The van der Waals surface area contributed by atoms with Crippen molar-refractivity contribution in [3.63, 3.8) is 0 Å². The molecule has 3 nitrogen and oxygen atoms in total. The molecule has 5 heteroatoms. The van der Waals surface area contributed by atoms with Gasteiger partial charge in [-0.05, 0) is 51.2 Å². The van der Waals surface area contributed by atoms with E-state index < -0.39 is 0 Å². The van der Waals surface area contributed by atoms with Crippen molar-refractivity contribution in [1.29, 1.82) is 0 Å². The van der Waals surface area contributed by atoms with Crippen molar-refractivity contribution < 1.29 is 4.79 Å². The van der Waals surface area contributed by atoms with Gasteiger partial charge in [-0.3, -0.25) is 4.79 Å². The summed E-state index contributed by atoms with van der Waals surface area (Å²) >= 11 is 1.81. The molecular weight excluding hydrogens is 304 g/mol. The second kappa shape index (κ2) is 9.44. The lowest BCUT2D eigenvalue weighted by Gasteiger charge is -2.31. The molecule has 0 fully saturated rings. The largest absolute Gasteiger partial charge is 0.350 e. The summed E-state index contributed by atoms with van der Waals surface area (Å²) in [5.41, 5.74) is 5.54. The van der Waals surface area contributed by atoms with Crippen LogP contribution in [0.25, 0.3) is 0 Å². The van der Waals surface area contributed by atoms with E-state index in [-0.39, 0.29) is 23.9 Å². The average molecular weight is 333 g/mol. The minimum Gasteiger partial charge on any atom is -0.350 e. The molecule has 1 rings (SSSR count). The number of hydrogen-bond donors (Lipinski definition) is 2. The number of halogens is 1. The highest BCUT2D eigenvalue weighted by molar-refractivity contribution is 7.11. The van der Waals surface area contributed by atoms with Crippen LogP contribution >= 0.6 is 23.7 Å². The summed E-state index contributed by atoms with van der Waals surface area (Å²) in [6.07, 6.45) is 3.37. The van der Waals surface area contributed by atoms with E-state index in [0.29, 0.717) is 18.9 Å². The highest BCUT2D eigenvalue weighted by Gasteiger charge is 2.25. The smallest absolute Gasteiger partial charge is 0.220 e. The van der Waals surface area contributed by atoms with E-state index in [1.165, 1.54) is 9.75 Å². The molecule has 3 N–H and O–H groups in total. The predicted molar refractivity (Wildman–Crippen MR) is 94.3 cm³/mol. The van der Waals surface area contributed by atoms with Crippen LogP contribution in [0.3, 0.4) is 0 Å². The monoisotopic (exact) mass is 332 g/mol. The van der Waals surface area contributed by atoms with Gasteiger partial charge in [0.2, 0.25) is 5.91 Å². The Balaban J connectivity index is 0.00000400. The summed E-state index contributed by atoms with van der Waals surface area (Å²) in [6, 6.07) is 4.29. The summed E-state index contributed by atoms with van der Waals surface area (Å²) < 4.78 is 0. The molecule has 0 bridgehead atoms. The third-order valence-corrected chi connectivity index (χ3v) is 4.43. The highest BCUT2D eigenvalue weighted by Crippen LogP contribution is 2.18. The van der Waals surface area contributed by atoms with Crippen molar-refractivity contribution in [2.75, 3.05) is 6.54 Å². The maximum absolute atomic E-state index is 12.0. The zero-order chi connectivity index (χ0) is 15.2. The number of aryl methyl sites for hydroxylation is 2. The number of rotatable bonds is 8. The Kier molecular flexibility index (Phi) is 9.18. The second-order valence-corrected chi connectivity index (χ2v) is 7.65. The predicted octanol–water partition coefficient (Wildman–Crippen LogP) is 3.68. The first-order valence-corrected chi connectivity index (χ1v) is 8.22. The summed E-state index contributed by atoms with van der Waals surface area (Å²) in [5.74, 6) is 0.643. The van der Waals surface area contributed by atoms with Gasteiger partial charge in [0.1, 0.15) is 0 Å². The molecule has 1 aromatic rings. The Bertz CT molecular complexity index is 434. The van der Waals surface area contributed by atoms with E-state index in [2.05, 4.69) is 38.2 Å². The van der Waals surface area contributed by atoms with Crippen LogP contribution in [0, 0.1) is 12.8 Å². The quantitative estimate of drug-likeness (QED) is 0.763. The molecule has 0 aromatic carbocycles. The molecule has 1 atom stereocenters. The molecule has 0 aliphatic carbocycles. The van der Waals surface area contributed by atoms with Crippen LogP contribution in [-0.2, 0) is 11.2 Å². The SMILES string of the molecule is Cc1ccc(CCCC(=O)NC(C)(CN)CC(C)C)s1.Cl. The second-order valence-electron chi connectivity index (χ2n) is 6.28. The van der Waals surface area contributed by atoms with E-state index >= 15 is 0 Å². The maximum atomic E-state index is 12.0. The van der Waals surface area contributed by atoms with Gasteiger partial charge in [0.15, 0.2) is 0 Å². The van der Waals surface area contributed by atoms with Gasteiger partial charge in [-0.15, -0.1) is 23.7 Å². The number of amides is 1. The molecule has 122 valence electrons. The van der Waals surface area contributed by atoms with Crippen LogP contribution in [0.4, 0.5) is 0 Å². The van der Waals surface area contributed by atoms with Gasteiger partial charge < -0.3 is 11.1 Å². The summed E-state index contributed by atoms with van der Waals surface area (Å²) in [7, 11) is 0.